The molecule has 78 valence electrons. The molecule has 1 heterocycles. The number of nitrogens with zero attached hydrogens (tertiary/aromatic N) is 2. The second-order valence-corrected chi connectivity index (χ2v) is 3.21. The zero-order chi connectivity index (χ0) is 8.97. The summed E-state index contributed by atoms with van der Waals surface area (Å²) in [5, 5.41) is 2.98. The SMILES string of the molecule is CNC(C=O)N1CCN(C)CC1.Cl. The van der Waals surface area contributed by atoms with Crippen molar-refractivity contribution in [3.05, 3.63) is 0 Å². The van der Waals surface area contributed by atoms with Crippen LogP contribution < -0.4 is 5.32 Å². The second-order valence-electron chi connectivity index (χ2n) is 3.21. The molecule has 0 amide bonds. The fourth-order valence-corrected chi connectivity index (χ4v) is 1.44. The van der Waals surface area contributed by atoms with E-state index in [0.717, 1.165) is 32.5 Å². The number of carbonyl (C=O) groups is 1. The lowest BCUT2D eigenvalue weighted by atomic mass is 10.3. The highest BCUT2D eigenvalue weighted by molar-refractivity contribution is 5.85. The van der Waals surface area contributed by atoms with Gasteiger partial charge in [0, 0.05) is 26.2 Å². The molecule has 0 spiro atoms. The smallest absolute Gasteiger partial charge is 0.151 e. The van der Waals surface area contributed by atoms with Crippen molar-refractivity contribution in [3.63, 3.8) is 0 Å². The lowest BCUT2D eigenvalue weighted by Crippen LogP contribution is -2.53. The number of hydrogen-bond donors (Lipinski definition) is 1. The molecular weight excluding hydrogens is 190 g/mol. The third-order valence-electron chi connectivity index (χ3n) is 2.36. The summed E-state index contributed by atoms with van der Waals surface area (Å²) >= 11 is 0. The van der Waals surface area contributed by atoms with Gasteiger partial charge in [-0.3, -0.25) is 10.2 Å². The van der Waals surface area contributed by atoms with E-state index in [0.29, 0.717) is 0 Å². The van der Waals surface area contributed by atoms with Crippen LogP contribution in [0.25, 0.3) is 0 Å². The number of rotatable bonds is 3. The number of aldehydes is 1. The van der Waals surface area contributed by atoms with E-state index < -0.39 is 0 Å². The zero-order valence-electron chi connectivity index (χ0n) is 8.19. The molecule has 0 radical (unpaired) electrons. The van der Waals surface area contributed by atoms with Crippen LogP contribution in [0.3, 0.4) is 0 Å². The Morgan fingerprint density at radius 3 is 2.23 bits per heavy atom. The highest BCUT2D eigenvalue weighted by Crippen LogP contribution is 2.00. The summed E-state index contributed by atoms with van der Waals surface area (Å²) < 4.78 is 0. The third kappa shape index (κ3) is 3.60. The van der Waals surface area contributed by atoms with Crippen molar-refractivity contribution in [2.24, 2.45) is 0 Å². The van der Waals surface area contributed by atoms with Crippen molar-refractivity contribution in [2.75, 3.05) is 40.3 Å². The molecule has 1 fully saturated rings. The Kier molecular flexibility index (Phi) is 6.24. The molecule has 1 atom stereocenters. The minimum Gasteiger partial charge on any atom is -0.304 e. The molecule has 0 aliphatic carbocycles. The summed E-state index contributed by atoms with van der Waals surface area (Å²) in [5.74, 6) is 0. The molecule has 0 aromatic rings. The molecule has 0 aromatic carbocycles. The summed E-state index contributed by atoms with van der Waals surface area (Å²) in [5.41, 5.74) is 0. The molecule has 0 saturated carbocycles. The standard InChI is InChI=1S/C8H17N3O.ClH/c1-9-8(7-12)11-5-3-10(2)4-6-11;/h7-9H,3-6H2,1-2H3;1H. The van der Waals surface area contributed by atoms with Gasteiger partial charge in [-0.25, -0.2) is 0 Å². The van der Waals surface area contributed by atoms with Crippen LogP contribution >= 0.6 is 12.4 Å². The first kappa shape index (κ1) is 12.8. The summed E-state index contributed by atoms with van der Waals surface area (Å²) in [4.78, 5) is 15.0. The van der Waals surface area contributed by atoms with Crippen LogP contribution in [0.1, 0.15) is 0 Å². The van der Waals surface area contributed by atoms with Crippen LogP contribution in [-0.4, -0.2) is 62.5 Å². The first-order chi connectivity index (χ1) is 5.77. The average Bonchev–Trinajstić information content (AvgIpc) is 2.10. The van der Waals surface area contributed by atoms with Crippen molar-refractivity contribution in [2.45, 2.75) is 6.17 Å². The largest absolute Gasteiger partial charge is 0.304 e. The minimum atomic E-state index is -0.0984. The van der Waals surface area contributed by atoms with Crippen LogP contribution in [-0.2, 0) is 4.79 Å². The summed E-state index contributed by atoms with van der Waals surface area (Å²) in [6.45, 7) is 4.04. The average molecular weight is 208 g/mol. The molecular formula is C8H18ClN3O. The van der Waals surface area contributed by atoms with Gasteiger partial charge in [0.2, 0.25) is 0 Å². The molecule has 1 rings (SSSR count). The lowest BCUT2D eigenvalue weighted by Gasteiger charge is -2.35. The number of carbonyl (C=O) groups excluding carboxylic acids is 1. The van der Waals surface area contributed by atoms with E-state index in [1.54, 1.807) is 0 Å². The Labute approximate surface area is 85.7 Å². The maximum atomic E-state index is 10.6. The minimum absolute atomic E-state index is 0. The summed E-state index contributed by atoms with van der Waals surface area (Å²) in [6, 6.07) is 0. The van der Waals surface area contributed by atoms with E-state index in [-0.39, 0.29) is 18.6 Å². The molecule has 0 bridgehead atoms. The molecule has 1 N–H and O–H groups in total. The van der Waals surface area contributed by atoms with Gasteiger partial charge in [-0.15, -0.1) is 12.4 Å². The number of halogens is 1. The predicted octanol–water partition coefficient (Wildman–Crippen LogP) is -0.600. The van der Waals surface area contributed by atoms with E-state index in [9.17, 15) is 4.79 Å². The molecule has 4 nitrogen and oxygen atoms in total. The fraction of sp³-hybridized carbons (Fsp3) is 0.875. The van der Waals surface area contributed by atoms with E-state index >= 15 is 0 Å². The predicted molar refractivity (Wildman–Crippen MR) is 55.2 cm³/mol. The Balaban J connectivity index is 0.00000144. The molecule has 0 aromatic heterocycles. The van der Waals surface area contributed by atoms with Crippen LogP contribution in [0.5, 0.6) is 0 Å². The monoisotopic (exact) mass is 207 g/mol. The van der Waals surface area contributed by atoms with Gasteiger partial charge in [0.15, 0.2) is 6.29 Å². The Hall–Kier alpha value is -0.160. The summed E-state index contributed by atoms with van der Waals surface area (Å²) in [6.07, 6.45) is 0.865. The number of hydrogen-bond acceptors (Lipinski definition) is 4. The molecule has 1 aliphatic heterocycles. The Bertz CT molecular complexity index is 148. The highest BCUT2D eigenvalue weighted by Gasteiger charge is 2.19. The quantitative estimate of drug-likeness (QED) is 0.628. The van der Waals surface area contributed by atoms with Gasteiger partial charge in [0.05, 0.1) is 0 Å². The van der Waals surface area contributed by atoms with Gasteiger partial charge in [-0.1, -0.05) is 0 Å². The number of piperazine rings is 1. The van der Waals surface area contributed by atoms with Crippen molar-refractivity contribution < 1.29 is 4.79 Å². The number of likely N-dealkylation sites (N-methyl/N-ethyl adjacent to an activating group) is 2. The Morgan fingerprint density at radius 2 is 1.85 bits per heavy atom. The van der Waals surface area contributed by atoms with E-state index in [4.69, 9.17) is 0 Å². The molecule has 5 heteroatoms. The van der Waals surface area contributed by atoms with Gasteiger partial charge >= 0.3 is 0 Å². The van der Waals surface area contributed by atoms with Crippen LogP contribution in [0.2, 0.25) is 0 Å². The number of nitrogens with one attached hydrogen (secondary N) is 1. The first-order valence-electron chi connectivity index (χ1n) is 4.33. The molecule has 1 unspecified atom stereocenters. The molecule has 1 saturated heterocycles. The van der Waals surface area contributed by atoms with Crippen molar-refractivity contribution in [3.8, 4) is 0 Å². The van der Waals surface area contributed by atoms with Gasteiger partial charge in [0.25, 0.3) is 0 Å². The van der Waals surface area contributed by atoms with Gasteiger partial charge in [-0.2, -0.15) is 0 Å². The van der Waals surface area contributed by atoms with Gasteiger partial charge in [-0.05, 0) is 14.1 Å². The van der Waals surface area contributed by atoms with Crippen molar-refractivity contribution >= 4 is 18.7 Å². The van der Waals surface area contributed by atoms with E-state index in [2.05, 4.69) is 22.2 Å². The second kappa shape index (κ2) is 6.32. The molecule has 1 aliphatic rings. The zero-order valence-corrected chi connectivity index (χ0v) is 9.01. The third-order valence-corrected chi connectivity index (χ3v) is 2.36. The highest BCUT2D eigenvalue weighted by atomic mass is 35.5. The van der Waals surface area contributed by atoms with Crippen molar-refractivity contribution in [1.82, 2.24) is 15.1 Å². The fourth-order valence-electron chi connectivity index (χ4n) is 1.44. The molecule has 13 heavy (non-hydrogen) atoms. The van der Waals surface area contributed by atoms with Crippen LogP contribution in [0, 0.1) is 0 Å². The normalized spacial score (nSPS) is 22.0. The maximum absolute atomic E-state index is 10.6. The van der Waals surface area contributed by atoms with E-state index in [1.165, 1.54) is 0 Å². The Morgan fingerprint density at radius 1 is 1.31 bits per heavy atom. The lowest BCUT2D eigenvalue weighted by molar-refractivity contribution is -0.114. The van der Waals surface area contributed by atoms with Crippen LogP contribution in [0.4, 0.5) is 0 Å². The van der Waals surface area contributed by atoms with Crippen molar-refractivity contribution in [1.29, 1.82) is 0 Å². The topological polar surface area (TPSA) is 35.6 Å². The van der Waals surface area contributed by atoms with Crippen LogP contribution in [0.15, 0.2) is 0 Å². The van der Waals surface area contributed by atoms with E-state index in [1.807, 2.05) is 7.05 Å². The summed E-state index contributed by atoms with van der Waals surface area (Å²) in [7, 11) is 3.92. The maximum Gasteiger partial charge on any atom is 0.151 e. The van der Waals surface area contributed by atoms with Gasteiger partial charge < -0.3 is 9.69 Å². The first-order valence-corrected chi connectivity index (χ1v) is 4.33. The van der Waals surface area contributed by atoms with Gasteiger partial charge in [0.1, 0.15) is 6.17 Å².